The Labute approximate surface area is 124 Å². The summed E-state index contributed by atoms with van der Waals surface area (Å²) in [6, 6.07) is 12.2. The summed E-state index contributed by atoms with van der Waals surface area (Å²) in [5.41, 5.74) is 7.51. The predicted octanol–water partition coefficient (Wildman–Crippen LogP) is 2.51. The van der Waals surface area contributed by atoms with E-state index < -0.39 is 0 Å². The number of nitrogens with one attached hydrogen (secondary N) is 1. The van der Waals surface area contributed by atoms with Gasteiger partial charge in [-0.1, -0.05) is 12.1 Å². The molecule has 19 heavy (non-hydrogen) atoms. The quantitative estimate of drug-likeness (QED) is 0.576. The van der Waals surface area contributed by atoms with E-state index in [0.717, 1.165) is 9.13 Å². The largest absolute Gasteiger partial charge is 0.507 e. The molecule has 4 nitrogen and oxygen atoms in total. The molecule has 4 N–H and O–H groups in total. The highest BCUT2D eigenvalue weighted by molar-refractivity contribution is 14.1. The van der Waals surface area contributed by atoms with E-state index in [9.17, 15) is 9.90 Å². The Bertz CT molecular complexity index is 614. The van der Waals surface area contributed by atoms with Crippen LogP contribution in [-0.2, 0) is 6.54 Å². The molecule has 1 amide bonds. The summed E-state index contributed by atoms with van der Waals surface area (Å²) >= 11 is 2.09. The number of aromatic hydroxyl groups is 1. The molecule has 2 aromatic rings. The molecule has 2 rings (SSSR count). The van der Waals surface area contributed by atoms with Crippen molar-refractivity contribution in [2.24, 2.45) is 0 Å². The van der Waals surface area contributed by atoms with Crippen LogP contribution in [0, 0.1) is 3.57 Å². The van der Waals surface area contributed by atoms with Crippen LogP contribution in [0.5, 0.6) is 5.75 Å². The third kappa shape index (κ3) is 3.60. The maximum absolute atomic E-state index is 12.0. The molecule has 0 aliphatic rings. The van der Waals surface area contributed by atoms with Gasteiger partial charge in [0.25, 0.3) is 5.91 Å². The van der Waals surface area contributed by atoms with Gasteiger partial charge in [-0.05, 0) is 58.5 Å². The van der Waals surface area contributed by atoms with Crippen LogP contribution in [0.3, 0.4) is 0 Å². The maximum Gasteiger partial charge on any atom is 0.255 e. The van der Waals surface area contributed by atoms with E-state index in [0.29, 0.717) is 12.2 Å². The SMILES string of the molecule is Nc1cccc(CNC(=O)c2cc(I)ccc2O)c1. The van der Waals surface area contributed by atoms with Gasteiger partial charge in [0.1, 0.15) is 5.75 Å². The van der Waals surface area contributed by atoms with Crippen molar-refractivity contribution in [2.45, 2.75) is 6.54 Å². The molecule has 0 saturated carbocycles. The van der Waals surface area contributed by atoms with E-state index in [-0.39, 0.29) is 17.2 Å². The van der Waals surface area contributed by atoms with Gasteiger partial charge in [-0.2, -0.15) is 0 Å². The number of carbonyl (C=O) groups excluding carboxylic acids is 1. The summed E-state index contributed by atoms with van der Waals surface area (Å²) in [6.07, 6.45) is 0. The molecule has 0 heterocycles. The first-order chi connectivity index (χ1) is 9.06. The van der Waals surface area contributed by atoms with Crippen LogP contribution in [0.1, 0.15) is 15.9 Å². The lowest BCUT2D eigenvalue weighted by molar-refractivity contribution is 0.0948. The number of carbonyl (C=O) groups is 1. The number of hydrogen-bond acceptors (Lipinski definition) is 3. The smallest absolute Gasteiger partial charge is 0.255 e. The van der Waals surface area contributed by atoms with E-state index in [1.807, 2.05) is 12.1 Å². The van der Waals surface area contributed by atoms with Gasteiger partial charge >= 0.3 is 0 Å². The zero-order chi connectivity index (χ0) is 13.8. The van der Waals surface area contributed by atoms with Crippen LogP contribution in [-0.4, -0.2) is 11.0 Å². The van der Waals surface area contributed by atoms with Gasteiger partial charge in [0.2, 0.25) is 0 Å². The molecule has 0 fully saturated rings. The van der Waals surface area contributed by atoms with Gasteiger partial charge in [0.05, 0.1) is 5.56 Å². The molecule has 0 aromatic heterocycles. The molecule has 0 atom stereocenters. The number of phenolic OH excluding ortho intramolecular Hbond substituents is 1. The van der Waals surface area contributed by atoms with Crippen molar-refractivity contribution in [1.29, 1.82) is 0 Å². The zero-order valence-electron chi connectivity index (χ0n) is 10.1. The minimum Gasteiger partial charge on any atom is -0.507 e. The molecule has 0 spiro atoms. The number of phenols is 1. The summed E-state index contributed by atoms with van der Waals surface area (Å²) in [6.45, 7) is 0.370. The lowest BCUT2D eigenvalue weighted by Crippen LogP contribution is -2.23. The Kier molecular flexibility index (Phi) is 4.26. The first-order valence-electron chi connectivity index (χ1n) is 5.67. The van der Waals surface area contributed by atoms with Crippen molar-refractivity contribution >= 4 is 34.2 Å². The molecule has 2 aromatic carbocycles. The van der Waals surface area contributed by atoms with Crippen molar-refractivity contribution in [3.8, 4) is 5.75 Å². The summed E-state index contributed by atoms with van der Waals surface area (Å²) < 4.78 is 0.893. The predicted molar refractivity (Wildman–Crippen MR) is 82.8 cm³/mol. The van der Waals surface area contributed by atoms with Gasteiger partial charge in [0.15, 0.2) is 0 Å². The van der Waals surface area contributed by atoms with Gasteiger partial charge in [-0.15, -0.1) is 0 Å². The highest BCUT2D eigenvalue weighted by atomic mass is 127. The fourth-order valence-corrected chi connectivity index (χ4v) is 2.16. The monoisotopic (exact) mass is 368 g/mol. The fourth-order valence-electron chi connectivity index (χ4n) is 1.67. The number of benzene rings is 2. The van der Waals surface area contributed by atoms with E-state index in [2.05, 4.69) is 27.9 Å². The number of nitrogens with two attached hydrogens (primary N) is 1. The Balaban J connectivity index is 2.07. The van der Waals surface area contributed by atoms with Crippen LogP contribution >= 0.6 is 22.6 Å². The Morgan fingerprint density at radius 3 is 2.79 bits per heavy atom. The molecule has 0 aliphatic heterocycles. The zero-order valence-corrected chi connectivity index (χ0v) is 12.2. The van der Waals surface area contributed by atoms with Crippen molar-refractivity contribution in [3.05, 3.63) is 57.2 Å². The average molecular weight is 368 g/mol. The molecule has 0 saturated heterocycles. The second-order valence-electron chi connectivity index (χ2n) is 4.09. The van der Waals surface area contributed by atoms with Gasteiger partial charge in [-0.25, -0.2) is 0 Å². The topological polar surface area (TPSA) is 75.3 Å². The lowest BCUT2D eigenvalue weighted by atomic mass is 10.1. The van der Waals surface area contributed by atoms with Gasteiger partial charge in [0, 0.05) is 15.8 Å². The third-order valence-corrected chi connectivity index (χ3v) is 3.28. The number of hydrogen-bond donors (Lipinski definition) is 3. The van der Waals surface area contributed by atoms with E-state index in [1.54, 1.807) is 24.3 Å². The van der Waals surface area contributed by atoms with E-state index >= 15 is 0 Å². The minimum absolute atomic E-state index is 0.0227. The van der Waals surface area contributed by atoms with Crippen LogP contribution in [0.15, 0.2) is 42.5 Å². The number of nitrogen functional groups attached to an aromatic ring is 1. The second-order valence-corrected chi connectivity index (χ2v) is 5.33. The lowest BCUT2D eigenvalue weighted by Gasteiger charge is -2.08. The first-order valence-corrected chi connectivity index (χ1v) is 6.75. The van der Waals surface area contributed by atoms with Crippen molar-refractivity contribution in [3.63, 3.8) is 0 Å². The maximum atomic E-state index is 12.0. The normalized spacial score (nSPS) is 10.2. The number of halogens is 1. The molecule has 0 radical (unpaired) electrons. The number of anilines is 1. The van der Waals surface area contributed by atoms with E-state index in [4.69, 9.17) is 5.73 Å². The fraction of sp³-hybridized carbons (Fsp3) is 0.0714. The van der Waals surface area contributed by atoms with Crippen LogP contribution in [0.2, 0.25) is 0 Å². The minimum atomic E-state index is -0.307. The van der Waals surface area contributed by atoms with Crippen LogP contribution < -0.4 is 11.1 Å². The van der Waals surface area contributed by atoms with Gasteiger partial charge in [-0.3, -0.25) is 4.79 Å². The highest BCUT2D eigenvalue weighted by Gasteiger charge is 2.11. The molecule has 5 heteroatoms. The highest BCUT2D eigenvalue weighted by Crippen LogP contribution is 2.19. The number of amides is 1. The summed E-state index contributed by atoms with van der Waals surface area (Å²) in [5, 5.41) is 12.4. The molecular formula is C14H13IN2O2. The summed E-state index contributed by atoms with van der Waals surface area (Å²) in [4.78, 5) is 12.0. The molecular weight excluding hydrogens is 355 g/mol. The van der Waals surface area contributed by atoms with E-state index in [1.165, 1.54) is 6.07 Å². The standard InChI is InChI=1S/C14H13IN2O2/c15-10-4-5-13(18)12(7-10)14(19)17-8-9-2-1-3-11(16)6-9/h1-7,18H,8,16H2,(H,17,19). The number of rotatable bonds is 3. The van der Waals surface area contributed by atoms with Crippen LogP contribution in [0.4, 0.5) is 5.69 Å². The Morgan fingerprint density at radius 2 is 2.05 bits per heavy atom. The molecule has 0 bridgehead atoms. The summed E-state index contributed by atoms with van der Waals surface area (Å²) in [7, 11) is 0. The second kappa shape index (κ2) is 5.92. The molecule has 0 aliphatic carbocycles. The Morgan fingerprint density at radius 1 is 1.26 bits per heavy atom. The van der Waals surface area contributed by atoms with Crippen molar-refractivity contribution in [2.75, 3.05) is 5.73 Å². The van der Waals surface area contributed by atoms with Crippen LogP contribution in [0.25, 0.3) is 0 Å². The van der Waals surface area contributed by atoms with Gasteiger partial charge < -0.3 is 16.2 Å². The molecule has 98 valence electrons. The average Bonchev–Trinajstić information content (AvgIpc) is 2.39. The summed E-state index contributed by atoms with van der Waals surface area (Å²) in [5.74, 6) is -0.330. The third-order valence-electron chi connectivity index (χ3n) is 2.61. The molecule has 0 unspecified atom stereocenters. The first kappa shape index (κ1) is 13.7. The van der Waals surface area contributed by atoms with Crippen molar-refractivity contribution in [1.82, 2.24) is 5.32 Å². The van der Waals surface area contributed by atoms with Crippen molar-refractivity contribution < 1.29 is 9.90 Å². The Hall–Kier alpha value is -1.76.